The van der Waals surface area contributed by atoms with Crippen molar-refractivity contribution in [1.82, 2.24) is 9.55 Å². The van der Waals surface area contributed by atoms with Crippen molar-refractivity contribution in [3.63, 3.8) is 0 Å². The topological polar surface area (TPSA) is 72.2 Å². The van der Waals surface area contributed by atoms with Crippen LogP contribution in [0, 0.1) is 0 Å². The first-order valence-electron chi connectivity index (χ1n) is 5.06. The van der Waals surface area contributed by atoms with Gasteiger partial charge >= 0.3 is 11.7 Å². The SMILES string of the molecule is Cn1cc(C(=O)O)c(-c2ccccc2Br)nc1=O. The summed E-state index contributed by atoms with van der Waals surface area (Å²) >= 11 is 3.32. The highest BCUT2D eigenvalue weighted by molar-refractivity contribution is 9.10. The Kier molecular flexibility index (Phi) is 3.29. The zero-order chi connectivity index (χ0) is 13.3. The Morgan fingerprint density at radius 2 is 2.06 bits per heavy atom. The molecule has 0 aliphatic heterocycles. The number of aromatic carboxylic acids is 1. The van der Waals surface area contributed by atoms with Gasteiger partial charge in [-0.25, -0.2) is 9.59 Å². The van der Waals surface area contributed by atoms with Crippen LogP contribution in [0.5, 0.6) is 0 Å². The molecule has 0 amide bonds. The van der Waals surface area contributed by atoms with Gasteiger partial charge in [-0.1, -0.05) is 34.1 Å². The molecule has 18 heavy (non-hydrogen) atoms. The number of rotatable bonds is 2. The second kappa shape index (κ2) is 4.73. The molecule has 5 nitrogen and oxygen atoms in total. The largest absolute Gasteiger partial charge is 0.478 e. The van der Waals surface area contributed by atoms with E-state index in [0.29, 0.717) is 10.0 Å². The third-order valence-corrected chi connectivity index (χ3v) is 3.14. The van der Waals surface area contributed by atoms with Crippen LogP contribution in [0.25, 0.3) is 11.3 Å². The second-order valence-electron chi connectivity index (χ2n) is 3.68. The fourth-order valence-corrected chi connectivity index (χ4v) is 2.03. The molecule has 2 rings (SSSR count). The minimum atomic E-state index is -1.12. The first-order valence-corrected chi connectivity index (χ1v) is 5.86. The molecule has 0 unspecified atom stereocenters. The molecule has 0 fully saturated rings. The van der Waals surface area contributed by atoms with Crippen molar-refractivity contribution in [2.75, 3.05) is 0 Å². The van der Waals surface area contributed by atoms with E-state index in [4.69, 9.17) is 5.11 Å². The summed E-state index contributed by atoms with van der Waals surface area (Å²) in [7, 11) is 1.46. The van der Waals surface area contributed by atoms with Crippen molar-refractivity contribution in [1.29, 1.82) is 0 Å². The molecule has 0 radical (unpaired) electrons. The van der Waals surface area contributed by atoms with Gasteiger partial charge in [0.15, 0.2) is 0 Å². The highest BCUT2D eigenvalue weighted by Crippen LogP contribution is 2.28. The number of benzene rings is 1. The average molecular weight is 309 g/mol. The third kappa shape index (κ3) is 2.19. The number of halogens is 1. The zero-order valence-electron chi connectivity index (χ0n) is 9.42. The van der Waals surface area contributed by atoms with E-state index >= 15 is 0 Å². The summed E-state index contributed by atoms with van der Waals surface area (Å²) in [5.74, 6) is -1.12. The fraction of sp³-hybridized carbons (Fsp3) is 0.0833. The van der Waals surface area contributed by atoms with E-state index in [1.54, 1.807) is 24.3 Å². The third-order valence-electron chi connectivity index (χ3n) is 2.45. The predicted octanol–water partition coefficient (Wildman–Crippen LogP) is 1.91. The molecule has 1 aromatic carbocycles. The fourth-order valence-electron chi connectivity index (χ4n) is 1.56. The smallest absolute Gasteiger partial charge is 0.347 e. The van der Waals surface area contributed by atoms with E-state index < -0.39 is 11.7 Å². The van der Waals surface area contributed by atoms with Crippen LogP contribution in [0.3, 0.4) is 0 Å². The van der Waals surface area contributed by atoms with E-state index in [1.165, 1.54) is 13.2 Å². The highest BCUT2D eigenvalue weighted by atomic mass is 79.9. The quantitative estimate of drug-likeness (QED) is 0.920. The monoisotopic (exact) mass is 308 g/mol. The Labute approximate surface area is 111 Å². The predicted molar refractivity (Wildman–Crippen MR) is 69.6 cm³/mol. The highest BCUT2D eigenvalue weighted by Gasteiger charge is 2.17. The zero-order valence-corrected chi connectivity index (χ0v) is 11.0. The van der Waals surface area contributed by atoms with Crippen LogP contribution in [-0.4, -0.2) is 20.6 Å². The van der Waals surface area contributed by atoms with Crippen LogP contribution in [0.15, 0.2) is 39.7 Å². The molecule has 1 aromatic heterocycles. The van der Waals surface area contributed by atoms with Crippen LogP contribution in [0.4, 0.5) is 0 Å². The van der Waals surface area contributed by atoms with Gasteiger partial charge in [-0.3, -0.25) is 0 Å². The maximum absolute atomic E-state index is 11.5. The van der Waals surface area contributed by atoms with Crippen molar-refractivity contribution >= 4 is 21.9 Å². The molecule has 0 spiro atoms. The van der Waals surface area contributed by atoms with Gasteiger partial charge in [0.25, 0.3) is 0 Å². The molecule has 0 aliphatic carbocycles. The van der Waals surface area contributed by atoms with Gasteiger partial charge in [-0.2, -0.15) is 4.98 Å². The minimum Gasteiger partial charge on any atom is -0.478 e. The molecule has 92 valence electrons. The van der Waals surface area contributed by atoms with Crippen LogP contribution < -0.4 is 5.69 Å². The number of carbonyl (C=O) groups is 1. The second-order valence-corrected chi connectivity index (χ2v) is 4.54. The average Bonchev–Trinajstić information content (AvgIpc) is 2.32. The maximum Gasteiger partial charge on any atom is 0.347 e. The molecular weight excluding hydrogens is 300 g/mol. The lowest BCUT2D eigenvalue weighted by atomic mass is 10.1. The van der Waals surface area contributed by atoms with Gasteiger partial charge in [0.05, 0.1) is 5.69 Å². The first kappa shape index (κ1) is 12.5. The van der Waals surface area contributed by atoms with Crippen molar-refractivity contribution in [2.45, 2.75) is 0 Å². The summed E-state index contributed by atoms with van der Waals surface area (Å²) < 4.78 is 1.83. The number of nitrogens with zero attached hydrogens (tertiary/aromatic N) is 2. The number of hydrogen-bond acceptors (Lipinski definition) is 3. The lowest BCUT2D eigenvalue weighted by Gasteiger charge is -2.08. The lowest BCUT2D eigenvalue weighted by Crippen LogP contribution is -2.22. The standard InChI is InChI=1S/C12H9BrN2O3/c1-15-6-8(11(16)17)10(14-12(15)18)7-4-2-3-5-9(7)13/h2-6H,1H3,(H,16,17). The van der Waals surface area contributed by atoms with Crippen molar-refractivity contribution < 1.29 is 9.90 Å². The summed E-state index contributed by atoms with van der Waals surface area (Å²) in [4.78, 5) is 26.6. The van der Waals surface area contributed by atoms with E-state index in [9.17, 15) is 9.59 Å². The van der Waals surface area contributed by atoms with E-state index in [-0.39, 0.29) is 11.3 Å². The van der Waals surface area contributed by atoms with Crippen LogP contribution in [0.1, 0.15) is 10.4 Å². The van der Waals surface area contributed by atoms with Gasteiger partial charge in [0.2, 0.25) is 0 Å². The molecule has 0 saturated heterocycles. The molecule has 1 heterocycles. The van der Waals surface area contributed by atoms with E-state index in [0.717, 1.165) is 4.57 Å². The summed E-state index contributed by atoms with van der Waals surface area (Å²) in [5.41, 5.74) is 0.237. The van der Waals surface area contributed by atoms with Crippen LogP contribution in [0.2, 0.25) is 0 Å². The Morgan fingerprint density at radius 1 is 1.39 bits per heavy atom. The van der Waals surface area contributed by atoms with Crippen LogP contribution >= 0.6 is 15.9 Å². The van der Waals surface area contributed by atoms with Gasteiger partial charge in [-0.05, 0) is 6.07 Å². The summed E-state index contributed by atoms with van der Waals surface area (Å²) in [6.07, 6.45) is 1.27. The first-order chi connectivity index (χ1) is 8.50. The molecule has 0 saturated carbocycles. The molecule has 0 aliphatic rings. The molecule has 2 aromatic rings. The number of aromatic nitrogens is 2. The summed E-state index contributed by atoms with van der Waals surface area (Å²) in [5, 5.41) is 9.16. The minimum absolute atomic E-state index is 0.0102. The van der Waals surface area contributed by atoms with Crippen LogP contribution in [-0.2, 0) is 7.05 Å². The van der Waals surface area contributed by atoms with E-state index in [2.05, 4.69) is 20.9 Å². The molecule has 0 atom stereocenters. The van der Waals surface area contributed by atoms with Crippen molar-refractivity contribution in [3.05, 3.63) is 51.0 Å². The van der Waals surface area contributed by atoms with Gasteiger partial charge in [0.1, 0.15) is 5.56 Å². The Morgan fingerprint density at radius 3 is 2.67 bits per heavy atom. The Bertz CT molecular complexity index is 679. The van der Waals surface area contributed by atoms with Crippen molar-refractivity contribution in [2.24, 2.45) is 7.05 Å². The molecular formula is C12H9BrN2O3. The van der Waals surface area contributed by atoms with Gasteiger partial charge in [0, 0.05) is 23.3 Å². The number of carboxylic acids is 1. The molecule has 0 bridgehead atoms. The van der Waals surface area contributed by atoms with Crippen molar-refractivity contribution in [3.8, 4) is 11.3 Å². The number of carboxylic acid groups (broad SMARTS) is 1. The lowest BCUT2D eigenvalue weighted by molar-refractivity contribution is 0.0696. The Hall–Kier alpha value is -1.95. The summed E-state index contributed by atoms with van der Waals surface area (Å²) in [6, 6.07) is 7.03. The van der Waals surface area contributed by atoms with E-state index in [1.807, 2.05) is 0 Å². The molecule has 1 N–H and O–H groups in total. The number of aryl methyl sites for hydroxylation is 1. The molecule has 6 heteroatoms. The summed E-state index contributed by atoms with van der Waals surface area (Å²) in [6.45, 7) is 0. The normalized spacial score (nSPS) is 10.3. The van der Waals surface area contributed by atoms with Gasteiger partial charge < -0.3 is 9.67 Å². The number of hydrogen-bond donors (Lipinski definition) is 1. The van der Waals surface area contributed by atoms with Gasteiger partial charge in [-0.15, -0.1) is 0 Å². The maximum atomic E-state index is 11.5. The Balaban J connectivity index is 2.78.